The standard InChI is InChI=1S/C21H18F3N3O5S/c1-12-9-15-10-14(5-8-17(15)27(12)33(2,29)30)20(28)31-11-18-25-19(26-32-18)13-3-6-16(7-4-13)21(22,23)24/h3-8,10,12H,9,11H2,1-2H3. The molecule has 1 aliphatic heterocycles. The summed E-state index contributed by atoms with van der Waals surface area (Å²) in [6, 6.07) is 8.61. The lowest BCUT2D eigenvalue weighted by atomic mass is 10.1. The number of hydrogen-bond acceptors (Lipinski definition) is 7. The first kappa shape index (κ1) is 22.8. The van der Waals surface area contributed by atoms with Gasteiger partial charge in [-0.3, -0.25) is 4.31 Å². The SMILES string of the molecule is CC1Cc2cc(C(=O)OCc3nc(-c4ccc(C(F)(F)F)cc4)no3)ccc2N1S(C)(=O)=O. The molecule has 2 aromatic carbocycles. The van der Waals surface area contributed by atoms with E-state index in [0.717, 1.165) is 18.4 Å². The topological polar surface area (TPSA) is 103 Å². The average Bonchev–Trinajstić information content (AvgIpc) is 3.34. The fourth-order valence-corrected chi connectivity index (χ4v) is 4.95. The number of sulfonamides is 1. The third kappa shape index (κ3) is 4.70. The number of benzene rings is 2. The molecule has 0 radical (unpaired) electrons. The maximum Gasteiger partial charge on any atom is 0.416 e. The number of rotatable bonds is 5. The zero-order chi connectivity index (χ0) is 24.0. The minimum atomic E-state index is -4.45. The Kier molecular flexibility index (Phi) is 5.64. The van der Waals surface area contributed by atoms with Gasteiger partial charge in [-0.05, 0) is 49.2 Å². The van der Waals surface area contributed by atoms with E-state index in [2.05, 4.69) is 10.1 Å². The van der Waals surface area contributed by atoms with Crippen LogP contribution in [-0.2, 0) is 34.0 Å². The van der Waals surface area contributed by atoms with Crippen LogP contribution in [0.2, 0.25) is 0 Å². The Hall–Kier alpha value is -3.41. The van der Waals surface area contributed by atoms with E-state index in [1.54, 1.807) is 19.1 Å². The van der Waals surface area contributed by atoms with Gasteiger partial charge in [-0.1, -0.05) is 17.3 Å². The van der Waals surface area contributed by atoms with Crippen LogP contribution in [0.4, 0.5) is 18.9 Å². The zero-order valence-corrected chi connectivity index (χ0v) is 18.3. The summed E-state index contributed by atoms with van der Waals surface area (Å²) in [5.74, 6) is -0.643. The molecule has 1 unspecified atom stereocenters. The summed E-state index contributed by atoms with van der Waals surface area (Å²) in [6.07, 6.45) is -2.86. The van der Waals surface area contributed by atoms with Crippen molar-refractivity contribution in [3.8, 4) is 11.4 Å². The van der Waals surface area contributed by atoms with Gasteiger partial charge in [0.25, 0.3) is 5.89 Å². The van der Waals surface area contributed by atoms with E-state index in [1.165, 1.54) is 22.5 Å². The van der Waals surface area contributed by atoms with Gasteiger partial charge in [-0.15, -0.1) is 0 Å². The molecule has 0 amide bonds. The molecule has 0 fully saturated rings. The monoisotopic (exact) mass is 481 g/mol. The van der Waals surface area contributed by atoms with Crippen molar-refractivity contribution >= 4 is 21.7 Å². The second-order valence-corrected chi connectivity index (χ2v) is 9.48. The molecule has 0 spiro atoms. The molecule has 0 bridgehead atoms. The van der Waals surface area contributed by atoms with Crippen molar-refractivity contribution in [1.82, 2.24) is 10.1 Å². The molecule has 0 saturated carbocycles. The number of aromatic nitrogens is 2. The van der Waals surface area contributed by atoms with Crippen LogP contribution in [0, 0.1) is 0 Å². The second-order valence-electron chi connectivity index (χ2n) is 7.62. The smallest absolute Gasteiger partial charge is 0.416 e. The Morgan fingerprint density at radius 3 is 2.55 bits per heavy atom. The number of esters is 1. The van der Waals surface area contributed by atoms with Gasteiger partial charge in [0.1, 0.15) is 0 Å². The lowest BCUT2D eigenvalue weighted by Crippen LogP contribution is -2.34. The number of alkyl halides is 3. The predicted molar refractivity (Wildman–Crippen MR) is 111 cm³/mol. The molecule has 33 heavy (non-hydrogen) atoms. The first-order valence-electron chi connectivity index (χ1n) is 9.73. The molecular formula is C21H18F3N3O5S. The molecule has 0 saturated heterocycles. The quantitative estimate of drug-likeness (QED) is 0.511. The summed E-state index contributed by atoms with van der Waals surface area (Å²) < 4.78 is 73.6. The van der Waals surface area contributed by atoms with E-state index < -0.39 is 27.7 Å². The Balaban J connectivity index is 1.42. The number of halogens is 3. The number of carbonyl (C=O) groups excluding carboxylic acids is 1. The lowest BCUT2D eigenvalue weighted by molar-refractivity contribution is -0.137. The molecule has 174 valence electrons. The molecule has 2 heterocycles. The highest BCUT2D eigenvalue weighted by Crippen LogP contribution is 2.35. The average molecular weight is 481 g/mol. The Morgan fingerprint density at radius 2 is 1.91 bits per heavy atom. The molecular weight excluding hydrogens is 463 g/mol. The first-order chi connectivity index (χ1) is 15.4. The first-order valence-corrected chi connectivity index (χ1v) is 11.6. The summed E-state index contributed by atoms with van der Waals surface area (Å²) in [7, 11) is -3.44. The van der Waals surface area contributed by atoms with Gasteiger partial charge >= 0.3 is 12.1 Å². The van der Waals surface area contributed by atoms with Crippen LogP contribution in [0.25, 0.3) is 11.4 Å². The van der Waals surface area contributed by atoms with Crippen LogP contribution in [0.3, 0.4) is 0 Å². The minimum Gasteiger partial charge on any atom is -0.452 e. The molecule has 3 aromatic rings. The Bertz CT molecular complexity index is 1300. The largest absolute Gasteiger partial charge is 0.452 e. The number of anilines is 1. The van der Waals surface area contributed by atoms with E-state index in [4.69, 9.17) is 9.26 Å². The van der Waals surface area contributed by atoms with E-state index in [-0.39, 0.29) is 29.9 Å². The summed E-state index contributed by atoms with van der Waals surface area (Å²) >= 11 is 0. The van der Waals surface area contributed by atoms with Gasteiger partial charge in [0.05, 0.1) is 23.1 Å². The molecule has 1 aliphatic rings. The summed E-state index contributed by atoms with van der Waals surface area (Å²) in [6.45, 7) is 1.44. The van der Waals surface area contributed by atoms with E-state index in [9.17, 15) is 26.4 Å². The molecule has 8 nitrogen and oxygen atoms in total. The Morgan fingerprint density at radius 1 is 1.21 bits per heavy atom. The number of carbonyl (C=O) groups is 1. The van der Waals surface area contributed by atoms with Crippen LogP contribution in [-0.4, -0.2) is 36.8 Å². The molecule has 0 N–H and O–H groups in total. The maximum absolute atomic E-state index is 12.7. The number of ether oxygens (including phenoxy) is 1. The predicted octanol–water partition coefficient (Wildman–Crippen LogP) is 3.82. The molecule has 4 rings (SSSR count). The lowest BCUT2D eigenvalue weighted by Gasteiger charge is -2.21. The number of fused-ring (bicyclic) bond motifs is 1. The van der Waals surface area contributed by atoms with E-state index in [0.29, 0.717) is 23.2 Å². The highest BCUT2D eigenvalue weighted by Gasteiger charge is 2.33. The zero-order valence-electron chi connectivity index (χ0n) is 17.5. The van der Waals surface area contributed by atoms with Crippen LogP contribution in [0.5, 0.6) is 0 Å². The maximum atomic E-state index is 12.7. The summed E-state index contributed by atoms with van der Waals surface area (Å²) in [4.78, 5) is 16.5. The second kappa shape index (κ2) is 8.18. The van der Waals surface area contributed by atoms with Crippen LogP contribution < -0.4 is 4.31 Å². The van der Waals surface area contributed by atoms with Crippen LogP contribution >= 0.6 is 0 Å². The third-order valence-corrected chi connectivity index (χ3v) is 6.36. The van der Waals surface area contributed by atoms with E-state index in [1.807, 2.05) is 0 Å². The highest BCUT2D eigenvalue weighted by atomic mass is 32.2. The van der Waals surface area contributed by atoms with Crippen LogP contribution in [0.15, 0.2) is 47.0 Å². The third-order valence-electron chi connectivity index (χ3n) is 5.09. The van der Waals surface area contributed by atoms with Gasteiger partial charge in [0.2, 0.25) is 15.8 Å². The summed E-state index contributed by atoms with van der Waals surface area (Å²) in [5.41, 5.74) is 0.989. The number of hydrogen-bond donors (Lipinski definition) is 0. The minimum absolute atomic E-state index is 0.0312. The highest BCUT2D eigenvalue weighted by molar-refractivity contribution is 7.92. The fourth-order valence-electron chi connectivity index (χ4n) is 3.68. The molecule has 0 aliphatic carbocycles. The molecule has 1 atom stereocenters. The van der Waals surface area contributed by atoms with Crippen molar-refractivity contribution in [2.45, 2.75) is 32.2 Å². The van der Waals surface area contributed by atoms with Gasteiger partial charge in [0.15, 0.2) is 6.61 Å². The van der Waals surface area contributed by atoms with Gasteiger partial charge < -0.3 is 9.26 Å². The number of nitrogens with zero attached hydrogens (tertiary/aromatic N) is 3. The fraction of sp³-hybridized carbons (Fsp3) is 0.286. The Labute approximate surface area is 187 Å². The van der Waals surface area contributed by atoms with Gasteiger partial charge in [0, 0.05) is 11.6 Å². The van der Waals surface area contributed by atoms with Crippen molar-refractivity contribution in [3.05, 3.63) is 65.0 Å². The van der Waals surface area contributed by atoms with Gasteiger partial charge in [-0.25, -0.2) is 13.2 Å². The van der Waals surface area contributed by atoms with Crippen molar-refractivity contribution < 1.29 is 35.6 Å². The van der Waals surface area contributed by atoms with Crippen LogP contribution in [0.1, 0.15) is 34.3 Å². The van der Waals surface area contributed by atoms with Crippen molar-refractivity contribution in [3.63, 3.8) is 0 Å². The summed E-state index contributed by atoms with van der Waals surface area (Å²) in [5, 5.41) is 3.69. The van der Waals surface area contributed by atoms with E-state index >= 15 is 0 Å². The molecule has 12 heteroatoms. The van der Waals surface area contributed by atoms with Crippen molar-refractivity contribution in [2.75, 3.05) is 10.6 Å². The van der Waals surface area contributed by atoms with Crippen molar-refractivity contribution in [2.24, 2.45) is 0 Å². The van der Waals surface area contributed by atoms with Crippen molar-refractivity contribution in [1.29, 1.82) is 0 Å². The molecule has 1 aromatic heterocycles. The van der Waals surface area contributed by atoms with Gasteiger partial charge in [-0.2, -0.15) is 18.2 Å². The normalized spacial score (nSPS) is 16.0.